The number of nitrogens with zero attached hydrogens (tertiary/aromatic N) is 1. The van der Waals surface area contributed by atoms with Gasteiger partial charge in [0, 0.05) is 18.3 Å². The van der Waals surface area contributed by atoms with Crippen LogP contribution in [-0.2, 0) is 6.54 Å². The van der Waals surface area contributed by atoms with E-state index >= 15 is 0 Å². The molecule has 0 fully saturated rings. The molecule has 0 spiro atoms. The Morgan fingerprint density at radius 1 is 1.15 bits per heavy atom. The number of rotatable bonds is 5. The third kappa shape index (κ3) is 4.62. The molecule has 3 aromatic rings. The number of carbonyl (C=O) groups is 1. The van der Waals surface area contributed by atoms with Crippen molar-refractivity contribution < 1.29 is 27.1 Å². The first-order valence-corrected chi connectivity index (χ1v) is 7.53. The molecule has 26 heavy (non-hydrogen) atoms. The Morgan fingerprint density at radius 2 is 2.00 bits per heavy atom. The zero-order chi connectivity index (χ0) is 18.6. The van der Waals surface area contributed by atoms with E-state index in [1.807, 2.05) is 0 Å². The maximum absolute atomic E-state index is 12.2. The van der Waals surface area contributed by atoms with Crippen LogP contribution in [0.1, 0.15) is 15.9 Å². The van der Waals surface area contributed by atoms with Gasteiger partial charge >= 0.3 is 6.36 Å². The predicted molar refractivity (Wildman–Crippen MR) is 86.2 cm³/mol. The number of ether oxygens (including phenoxy) is 1. The fraction of sp³-hybridized carbons (Fsp3) is 0.111. The lowest BCUT2D eigenvalue weighted by molar-refractivity contribution is -0.274. The Hall–Kier alpha value is -3.29. The van der Waals surface area contributed by atoms with Crippen LogP contribution in [0.3, 0.4) is 0 Å². The summed E-state index contributed by atoms with van der Waals surface area (Å²) in [5.74, 6) is -0.343. The van der Waals surface area contributed by atoms with Crippen LogP contribution < -0.4 is 10.1 Å². The average Bonchev–Trinajstić information content (AvgIpc) is 3.13. The number of carbonyl (C=O) groups excluding carboxylic acids is 1. The molecule has 1 amide bonds. The van der Waals surface area contributed by atoms with Gasteiger partial charge in [0.05, 0.1) is 6.26 Å². The second-order valence-electron chi connectivity index (χ2n) is 5.29. The summed E-state index contributed by atoms with van der Waals surface area (Å²) in [6.07, 6.45) is -1.68. The summed E-state index contributed by atoms with van der Waals surface area (Å²) < 4.78 is 45.8. The van der Waals surface area contributed by atoms with Crippen LogP contribution in [0, 0.1) is 0 Å². The molecule has 0 aliphatic heterocycles. The predicted octanol–water partition coefficient (Wildman–Crippen LogP) is 4.17. The first-order chi connectivity index (χ1) is 12.4. The summed E-state index contributed by atoms with van der Waals surface area (Å²) in [6.45, 7) is 0.175. The molecule has 134 valence electrons. The average molecular weight is 362 g/mol. The van der Waals surface area contributed by atoms with Gasteiger partial charge in [0.25, 0.3) is 5.91 Å². The third-order valence-corrected chi connectivity index (χ3v) is 3.38. The molecule has 2 heterocycles. The van der Waals surface area contributed by atoms with E-state index in [4.69, 9.17) is 4.42 Å². The first kappa shape index (κ1) is 17.5. The van der Waals surface area contributed by atoms with Crippen molar-refractivity contribution in [2.24, 2.45) is 0 Å². The summed E-state index contributed by atoms with van der Waals surface area (Å²) in [5.41, 5.74) is 1.45. The number of benzene rings is 1. The minimum Gasteiger partial charge on any atom is -0.463 e. The second-order valence-corrected chi connectivity index (χ2v) is 5.29. The highest BCUT2D eigenvalue weighted by Crippen LogP contribution is 2.23. The smallest absolute Gasteiger partial charge is 0.463 e. The Bertz CT molecular complexity index is 875. The molecule has 0 aliphatic rings. The standard InChI is InChI=1S/C18H13F3N2O3/c19-18(20,21)26-14-4-1-3-13(9-14)17(24)23-11-12-6-7-15(22-10-12)16-5-2-8-25-16/h1-10H,11H2,(H,23,24). The van der Waals surface area contributed by atoms with Crippen molar-refractivity contribution in [2.45, 2.75) is 12.9 Å². The second kappa shape index (κ2) is 7.30. The summed E-state index contributed by atoms with van der Waals surface area (Å²) >= 11 is 0. The number of pyridine rings is 1. The summed E-state index contributed by atoms with van der Waals surface area (Å²) in [7, 11) is 0. The van der Waals surface area contributed by atoms with Gasteiger partial charge in [0.1, 0.15) is 11.4 Å². The van der Waals surface area contributed by atoms with E-state index in [9.17, 15) is 18.0 Å². The Kier molecular flexibility index (Phi) is 4.92. The van der Waals surface area contributed by atoms with E-state index in [2.05, 4.69) is 15.0 Å². The summed E-state index contributed by atoms with van der Waals surface area (Å²) in [4.78, 5) is 16.3. The third-order valence-electron chi connectivity index (χ3n) is 3.38. The molecule has 3 rings (SSSR count). The Morgan fingerprint density at radius 3 is 2.65 bits per heavy atom. The molecule has 0 atom stereocenters. The maximum Gasteiger partial charge on any atom is 0.573 e. The molecule has 0 saturated carbocycles. The van der Waals surface area contributed by atoms with E-state index in [0.717, 1.165) is 17.7 Å². The monoisotopic (exact) mass is 362 g/mol. The minimum absolute atomic E-state index is 0.0620. The highest BCUT2D eigenvalue weighted by Gasteiger charge is 2.31. The number of hydrogen-bond donors (Lipinski definition) is 1. The van der Waals surface area contributed by atoms with Crippen LogP contribution in [0.15, 0.2) is 65.4 Å². The number of halogens is 3. The lowest BCUT2D eigenvalue weighted by Crippen LogP contribution is -2.23. The van der Waals surface area contributed by atoms with E-state index in [1.165, 1.54) is 12.1 Å². The van der Waals surface area contributed by atoms with Crippen molar-refractivity contribution in [1.29, 1.82) is 0 Å². The lowest BCUT2D eigenvalue weighted by Gasteiger charge is -2.10. The van der Waals surface area contributed by atoms with Gasteiger partial charge in [-0.25, -0.2) is 0 Å². The van der Waals surface area contributed by atoms with E-state index in [0.29, 0.717) is 11.5 Å². The van der Waals surface area contributed by atoms with Crippen LogP contribution in [0.4, 0.5) is 13.2 Å². The van der Waals surface area contributed by atoms with Crippen molar-refractivity contribution >= 4 is 5.91 Å². The largest absolute Gasteiger partial charge is 0.573 e. The molecule has 0 aliphatic carbocycles. The van der Waals surface area contributed by atoms with Gasteiger partial charge in [-0.3, -0.25) is 9.78 Å². The van der Waals surface area contributed by atoms with E-state index < -0.39 is 18.0 Å². The van der Waals surface area contributed by atoms with Crippen molar-refractivity contribution in [3.05, 3.63) is 72.1 Å². The molecule has 0 saturated heterocycles. The zero-order valence-electron chi connectivity index (χ0n) is 13.3. The lowest BCUT2D eigenvalue weighted by atomic mass is 10.2. The molecule has 2 aromatic heterocycles. The fourth-order valence-corrected chi connectivity index (χ4v) is 2.22. The van der Waals surface area contributed by atoms with Gasteiger partial charge in [0.2, 0.25) is 0 Å². The first-order valence-electron chi connectivity index (χ1n) is 7.53. The van der Waals surface area contributed by atoms with Gasteiger partial charge in [-0.1, -0.05) is 12.1 Å². The summed E-state index contributed by atoms with van der Waals surface area (Å²) in [5, 5.41) is 2.62. The maximum atomic E-state index is 12.2. The topological polar surface area (TPSA) is 64.4 Å². The molecule has 0 unspecified atom stereocenters. The molecule has 5 nitrogen and oxygen atoms in total. The van der Waals surface area contributed by atoms with Crippen molar-refractivity contribution in [2.75, 3.05) is 0 Å². The Labute approximate surface area is 146 Å². The number of alkyl halides is 3. The SMILES string of the molecule is O=C(NCc1ccc(-c2ccco2)nc1)c1cccc(OC(F)(F)F)c1. The number of amides is 1. The van der Waals surface area contributed by atoms with Crippen LogP contribution in [0.25, 0.3) is 11.5 Å². The van der Waals surface area contributed by atoms with Crippen LogP contribution >= 0.6 is 0 Å². The highest BCUT2D eigenvalue weighted by molar-refractivity contribution is 5.94. The minimum atomic E-state index is -4.81. The van der Waals surface area contributed by atoms with Gasteiger partial charge in [-0.15, -0.1) is 13.2 Å². The molecular weight excluding hydrogens is 349 g/mol. The molecule has 1 N–H and O–H groups in total. The van der Waals surface area contributed by atoms with E-state index in [-0.39, 0.29) is 12.1 Å². The van der Waals surface area contributed by atoms with E-state index in [1.54, 1.807) is 36.7 Å². The van der Waals surface area contributed by atoms with Crippen LogP contribution in [0.2, 0.25) is 0 Å². The number of furan rings is 1. The molecule has 8 heteroatoms. The molecule has 0 radical (unpaired) electrons. The van der Waals surface area contributed by atoms with Gasteiger partial charge < -0.3 is 14.5 Å². The van der Waals surface area contributed by atoms with Crippen molar-refractivity contribution in [3.8, 4) is 17.2 Å². The number of aromatic nitrogens is 1. The highest BCUT2D eigenvalue weighted by atomic mass is 19.4. The van der Waals surface area contributed by atoms with Crippen LogP contribution in [0.5, 0.6) is 5.75 Å². The van der Waals surface area contributed by atoms with Crippen molar-refractivity contribution in [3.63, 3.8) is 0 Å². The van der Waals surface area contributed by atoms with Crippen LogP contribution in [-0.4, -0.2) is 17.3 Å². The normalized spacial score (nSPS) is 11.2. The fourth-order valence-electron chi connectivity index (χ4n) is 2.22. The van der Waals surface area contributed by atoms with Crippen molar-refractivity contribution in [1.82, 2.24) is 10.3 Å². The Balaban J connectivity index is 1.61. The quantitative estimate of drug-likeness (QED) is 0.740. The molecule has 1 aromatic carbocycles. The zero-order valence-corrected chi connectivity index (χ0v) is 13.3. The molecular formula is C18H13F3N2O3. The van der Waals surface area contributed by atoms with Gasteiger partial charge in [0.15, 0.2) is 5.76 Å². The van der Waals surface area contributed by atoms with Gasteiger partial charge in [-0.05, 0) is 42.0 Å². The number of hydrogen-bond acceptors (Lipinski definition) is 4. The summed E-state index contributed by atoms with van der Waals surface area (Å²) in [6, 6.07) is 11.9. The number of nitrogens with one attached hydrogen (secondary N) is 1. The molecule has 0 bridgehead atoms. The van der Waals surface area contributed by atoms with Gasteiger partial charge in [-0.2, -0.15) is 0 Å².